The van der Waals surface area contributed by atoms with Crippen LogP contribution < -0.4 is 5.32 Å². The van der Waals surface area contributed by atoms with Gasteiger partial charge in [0.2, 0.25) is 0 Å². The third-order valence-electron chi connectivity index (χ3n) is 3.08. The molecular formula is C14H17ClN4. The topological polar surface area (TPSA) is 53.6 Å². The van der Waals surface area contributed by atoms with Gasteiger partial charge in [0.25, 0.3) is 0 Å². The number of benzene rings is 1. The fourth-order valence-corrected chi connectivity index (χ4v) is 2.47. The molecule has 2 aromatic rings. The summed E-state index contributed by atoms with van der Waals surface area (Å²) in [5.41, 5.74) is 2.20. The van der Waals surface area contributed by atoms with E-state index < -0.39 is 0 Å². The number of aromatic nitrogens is 2. The number of rotatable bonds is 2. The van der Waals surface area contributed by atoms with Gasteiger partial charge in [0, 0.05) is 7.05 Å². The second-order valence-corrected chi connectivity index (χ2v) is 5.96. The van der Waals surface area contributed by atoms with Crippen molar-refractivity contribution in [1.82, 2.24) is 9.78 Å². The molecule has 1 N–H and O–H groups in total. The van der Waals surface area contributed by atoms with Crippen LogP contribution in [-0.4, -0.2) is 16.3 Å². The van der Waals surface area contributed by atoms with Crippen LogP contribution in [0.4, 0.5) is 5.82 Å². The first-order valence-corrected chi connectivity index (χ1v) is 6.50. The van der Waals surface area contributed by atoms with Gasteiger partial charge in [-0.25, -0.2) is 0 Å². The summed E-state index contributed by atoms with van der Waals surface area (Å²) in [7, 11) is 1.89. The molecular weight excluding hydrogens is 260 g/mol. The largest absolute Gasteiger partial charge is 0.355 e. The molecule has 0 aliphatic carbocycles. The molecule has 0 spiro atoms. The summed E-state index contributed by atoms with van der Waals surface area (Å²) in [6.45, 7) is 6.68. The first-order chi connectivity index (χ1) is 8.86. The van der Waals surface area contributed by atoms with Crippen LogP contribution in [0.25, 0.3) is 10.9 Å². The summed E-state index contributed by atoms with van der Waals surface area (Å²) in [6.07, 6.45) is 0. The number of anilines is 1. The summed E-state index contributed by atoms with van der Waals surface area (Å²) < 4.78 is 1.82. The van der Waals surface area contributed by atoms with Gasteiger partial charge in [-0.3, -0.25) is 4.68 Å². The van der Waals surface area contributed by atoms with Crippen molar-refractivity contribution in [2.75, 3.05) is 11.9 Å². The third kappa shape index (κ3) is 2.39. The Morgan fingerprint density at radius 3 is 2.68 bits per heavy atom. The van der Waals surface area contributed by atoms with Gasteiger partial charge in [0.1, 0.15) is 6.54 Å². The molecule has 0 fully saturated rings. The molecule has 0 saturated heterocycles. The molecule has 0 atom stereocenters. The molecule has 4 nitrogen and oxygen atoms in total. The minimum absolute atomic E-state index is 0.00311. The Morgan fingerprint density at radius 2 is 2.11 bits per heavy atom. The Hall–Kier alpha value is -1.73. The summed E-state index contributed by atoms with van der Waals surface area (Å²) in [5, 5.41) is 17.6. The molecule has 0 aliphatic heterocycles. The van der Waals surface area contributed by atoms with Gasteiger partial charge in [0.15, 0.2) is 5.82 Å². The first kappa shape index (κ1) is 13.7. The molecule has 0 amide bonds. The quantitative estimate of drug-likeness (QED) is 0.855. The van der Waals surface area contributed by atoms with Gasteiger partial charge in [0.05, 0.1) is 22.0 Å². The van der Waals surface area contributed by atoms with Gasteiger partial charge in [-0.05, 0) is 17.0 Å². The third-order valence-corrected chi connectivity index (χ3v) is 3.40. The van der Waals surface area contributed by atoms with Gasteiger partial charge < -0.3 is 5.32 Å². The highest BCUT2D eigenvalue weighted by Gasteiger charge is 2.22. The molecule has 0 aliphatic rings. The summed E-state index contributed by atoms with van der Waals surface area (Å²) in [6, 6.07) is 5.99. The molecule has 0 bridgehead atoms. The lowest BCUT2D eigenvalue weighted by atomic mass is 9.85. The molecule has 0 unspecified atom stereocenters. The molecule has 0 saturated carbocycles. The minimum Gasteiger partial charge on any atom is -0.355 e. The van der Waals surface area contributed by atoms with E-state index in [1.165, 1.54) is 5.56 Å². The van der Waals surface area contributed by atoms with E-state index in [0.29, 0.717) is 10.8 Å². The van der Waals surface area contributed by atoms with Gasteiger partial charge >= 0.3 is 0 Å². The normalized spacial score (nSPS) is 11.6. The zero-order valence-electron chi connectivity index (χ0n) is 11.6. The number of aryl methyl sites for hydroxylation is 1. The smallest absolute Gasteiger partial charge is 0.158 e. The standard InChI is InChI=1S/C14H17ClN4/c1-14(2,3)9-5-6-10(15)11-12(9)19(4)18-13(11)17-8-7-16/h5-6H,8H2,1-4H3,(H,17,18). The average molecular weight is 277 g/mol. The number of halogens is 1. The SMILES string of the molecule is Cn1nc(NCC#N)c2c(Cl)ccc(C(C)(C)C)c21. The number of fused-ring (bicyclic) bond motifs is 1. The maximum Gasteiger partial charge on any atom is 0.158 e. The maximum absolute atomic E-state index is 8.68. The van der Waals surface area contributed by atoms with E-state index in [0.717, 1.165) is 10.9 Å². The average Bonchev–Trinajstić information content (AvgIpc) is 2.64. The van der Waals surface area contributed by atoms with Crippen molar-refractivity contribution < 1.29 is 0 Å². The van der Waals surface area contributed by atoms with E-state index >= 15 is 0 Å². The van der Waals surface area contributed by atoms with Crippen LogP contribution in [0.5, 0.6) is 0 Å². The highest BCUT2D eigenvalue weighted by Crippen LogP contribution is 2.37. The monoisotopic (exact) mass is 276 g/mol. The number of nitriles is 1. The first-order valence-electron chi connectivity index (χ1n) is 6.12. The lowest BCUT2D eigenvalue weighted by Crippen LogP contribution is -2.13. The van der Waals surface area contributed by atoms with Crippen molar-refractivity contribution in [3.8, 4) is 6.07 Å². The number of hydrogen-bond donors (Lipinski definition) is 1. The van der Waals surface area contributed by atoms with E-state index in [4.69, 9.17) is 16.9 Å². The van der Waals surface area contributed by atoms with Crippen LogP contribution in [0.2, 0.25) is 5.02 Å². The molecule has 1 aromatic heterocycles. The second-order valence-electron chi connectivity index (χ2n) is 5.55. The minimum atomic E-state index is 0.00311. The van der Waals surface area contributed by atoms with Crippen molar-refractivity contribution >= 4 is 28.3 Å². The van der Waals surface area contributed by atoms with E-state index in [2.05, 4.69) is 37.3 Å². The van der Waals surface area contributed by atoms with Gasteiger partial charge in [-0.15, -0.1) is 0 Å². The van der Waals surface area contributed by atoms with Crippen molar-refractivity contribution in [1.29, 1.82) is 5.26 Å². The number of nitrogens with one attached hydrogen (secondary N) is 1. The fraction of sp³-hybridized carbons (Fsp3) is 0.429. The highest BCUT2D eigenvalue weighted by atomic mass is 35.5. The summed E-state index contributed by atoms with van der Waals surface area (Å²) in [4.78, 5) is 0. The number of hydrogen-bond acceptors (Lipinski definition) is 3. The van der Waals surface area contributed by atoms with Crippen molar-refractivity contribution in [2.45, 2.75) is 26.2 Å². The van der Waals surface area contributed by atoms with Crippen LogP contribution in [0.1, 0.15) is 26.3 Å². The second kappa shape index (κ2) is 4.75. The Bertz CT molecular complexity index is 659. The lowest BCUT2D eigenvalue weighted by Gasteiger charge is -2.20. The Labute approximate surface area is 118 Å². The summed E-state index contributed by atoms with van der Waals surface area (Å²) >= 11 is 6.30. The van der Waals surface area contributed by atoms with E-state index in [1.807, 2.05) is 23.9 Å². The maximum atomic E-state index is 8.68. The van der Waals surface area contributed by atoms with Gasteiger partial charge in [-0.1, -0.05) is 38.4 Å². The van der Waals surface area contributed by atoms with Crippen molar-refractivity contribution in [3.63, 3.8) is 0 Å². The molecule has 0 radical (unpaired) electrons. The van der Waals surface area contributed by atoms with Gasteiger partial charge in [-0.2, -0.15) is 10.4 Å². The number of nitrogens with zero attached hydrogens (tertiary/aromatic N) is 3. The van der Waals surface area contributed by atoms with E-state index in [9.17, 15) is 0 Å². The fourth-order valence-electron chi connectivity index (χ4n) is 2.23. The summed E-state index contributed by atoms with van der Waals surface area (Å²) in [5.74, 6) is 0.662. The van der Waals surface area contributed by atoms with Crippen LogP contribution in [-0.2, 0) is 12.5 Å². The molecule has 5 heteroatoms. The zero-order valence-corrected chi connectivity index (χ0v) is 12.3. The molecule has 2 rings (SSSR count). The molecule has 100 valence electrons. The van der Waals surface area contributed by atoms with E-state index in [1.54, 1.807) is 0 Å². The Balaban J connectivity index is 2.75. The van der Waals surface area contributed by atoms with Crippen molar-refractivity contribution in [3.05, 3.63) is 22.7 Å². The van der Waals surface area contributed by atoms with E-state index in [-0.39, 0.29) is 12.0 Å². The van der Waals surface area contributed by atoms with Crippen molar-refractivity contribution in [2.24, 2.45) is 7.05 Å². The molecule has 1 aromatic carbocycles. The highest BCUT2D eigenvalue weighted by molar-refractivity contribution is 6.36. The molecule has 1 heterocycles. The van der Waals surface area contributed by atoms with Crippen LogP contribution in [0.15, 0.2) is 12.1 Å². The molecule has 19 heavy (non-hydrogen) atoms. The van der Waals surface area contributed by atoms with Crippen LogP contribution >= 0.6 is 11.6 Å². The Kier molecular flexibility index (Phi) is 3.42. The zero-order chi connectivity index (χ0) is 14.2. The Morgan fingerprint density at radius 1 is 1.42 bits per heavy atom. The van der Waals surface area contributed by atoms with Crippen LogP contribution in [0.3, 0.4) is 0 Å². The lowest BCUT2D eigenvalue weighted by molar-refractivity contribution is 0.590. The van der Waals surface area contributed by atoms with Crippen LogP contribution in [0, 0.1) is 11.3 Å². The predicted molar refractivity (Wildman–Crippen MR) is 78.5 cm³/mol. The predicted octanol–water partition coefficient (Wildman–Crippen LogP) is 3.46.